The fourth-order valence-corrected chi connectivity index (χ4v) is 2.68. The summed E-state index contributed by atoms with van der Waals surface area (Å²) in [6.07, 6.45) is 1.36. The molecule has 0 radical (unpaired) electrons. The van der Waals surface area contributed by atoms with E-state index in [0.29, 0.717) is 19.5 Å². The van der Waals surface area contributed by atoms with Crippen LogP contribution in [0.15, 0.2) is 36.4 Å². The van der Waals surface area contributed by atoms with Crippen molar-refractivity contribution in [2.75, 3.05) is 20.0 Å². The molecule has 10 heteroatoms. The van der Waals surface area contributed by atoms with Crippen LogP contribution in [0.3, 0.4) is 0 Å². The summed E-state index contributed by atoms with van der Waals surface area (Å²) in [6, 6.07) is 8.90. The van der Waals surface area contributed by atoms with Gasteiger partial charge >= 0.3 is 0 Å². The molecule has 0 aliphatic heterocycles. The highest BCUT2D eigenvalue weighted by Crippen LogP contribution is 2.26. The van der Waals surface area contributed by atoms with Gasteiger partial charge in [0.1, 0.15) is 0 Å². The zero-order valence-electron chi connectivity index (χ0n) is 17.0. The summed E-state index contributed by atoms with van der Waals surface area (Å²) < 4.78 is 0. The number of hydrogen-bond donors (Lipinski definition) is 8. The molecule has 0 fully saturated rings. The van der Waals surface area contributed by atoms with Crippen molar-refractivity contribution in [3.05, 3.63) is 47.5 Å². The molecule has 0 saturated carbocycles. The number of phenols is 4. The number of carbonyl (C=O) groups excluding carboxylic acids is 2. The Morgan fingerprint density at radius 3 is 1.42 bits per heavy atom. The van der Waals surface area contributed by atoms with Gasteiger partial charge in [0.25, 0.3) is 0 Å². The second kappa shape index (κ2) is 12.3. The van der Waals surface area contributed by atoms with Gasteiger partial charge in [0.05, 0.1) is 13.3 Å². The normalized spacial score (nSPS) is 10.6. The van der Waals surface area contributed by atoms with Crippen LogP contribution in [0.2, 0.25) is 0 Å². The number of nitrogens with one attached hydrogen (secondary N) is 4. The summed E-state index contributed by atoms with van der Waals surface area (Å²) >= 11 is 0. The van der Waals surface area contributed by atoms with Gasteiger partial charge in [-0.2, -0.15) is 0 Å². The summed E-state index contributed by atoms with van der Waals surface area (Å²) in [6.45, 7) is 0.883. The molecule has 2 amide bonds. The summed E-state index contributed by atoms with van der Waals surface area (Å²) in [5, 5.41) is 48.7. The topological polar surface area (TPSA) is 163 Å². The number of aryl methyl sites for hydroxylation is 2. The van der Waals surface area contributed by atoms with E-state index in [-0.39, 0.29) is 61.0 Å². The molecule has 0 atom stereocenters. The molecule has 168 valence electrons. The Hall–Kier alpha value is -3.50. The molecule has 10 nitrogen and oxygen atoms in total. The average molecular weight is 432 g/mol. The number of hydrogen-bond acceptors (Lipinski definition) is 8. The second-order valence-corrected chi connectivity index (χ2v) is 6.88. The maximum atomic E-state index is 11.8. The fraction of sp³-hybridized carbons (Fsp3) is 0.333. The SMILES string of the molecule is O=C(CCc1ccc(O)c(O)c1)NCNCNCNC(=O)CCc1ccc(O)c(O)c1. The lowest BCUT2D eigenvalue weighted by Gasteiger charge is -2.10. The van der Waals surface area contributed by atoms with E-state index in [2.05, 4.69) is 21.3 Å². The van der Waals surface area contributed by atoms with Gasteiger partial charge < -0.3 is 31.1 Å². The number of benzene rings is 2. The van der Waals surface area contributed by atoms with Crippen LogP contribution in [-0.2, 0) is 22.4 Å². The summed E-state index contributed by atoms with van der Waals surface area (Å²) in [5.74, 6) is -1.13. The Morgan fingerprint density at radius 2 is 1.03 bits per heavy atom. The first kappa shape index (κ1) is 23.8. The van der Waals surface area contributed by atoms with Crippen molar-refractivity contribution >= 4 is 11.8 Å². The molecule has 0 unspecified atom stereocenters. The van der Waals surface area contributed by atoms with Crippen molar-refractivity contribution in [3.8, 4) is 23.0 Å². The quantitative estimate of drug-likeness (QED) is 0.135. The van der Waals surface area contributed by atoms with E-state index in [9.17, 15) is 30.0 Å². The Labute approximate surface area is 179 Å². The van der Waals surface area contributed by atoms with Crippen LogP contribution >= 0.6 is 0 Å². The third-order valence-corrected chi connectivity index (χ3v) is 4.43. The number of aromatic hydroxyl groups is 4. The van der Waals surface area contributed by atoms with Gasteiger partial charge in [-0.15, -0.1) is 0 Å². The lowest BCUT2D eigenvalue weighted by atomic mass is 10.1. The van der Waals surface area contributed by atoms with Gasteiger partial charge in [0, 0.05) is 19.5 Å². The molecule has 0 spiro atoms. The van der Waals surface area contributed by atoms with Crippen LogP contribution in [0.4, 0.5) is 0 Å². The monoisotopic (exact) mass is 432 g/mol. The van der Waals surface area contributed by atoms with Crippen LogP contribution < -0.4 is 21.3 Å². The predicted molar refractivity (Wildman–Crippen MR) is 113 cm³/mol. The molecule has 0 aliphatic carbocycles. The van der Waals surface area contributed by atoms with E-state index in [1.54, 1.807) is 12.1 Å². The van der Waals surface area contributed by atoms with E-state index in [4.69, 9.17) is 0 Å². The van der Waals surface area contributed by atoms with Crippen LogP contribution in [0, 0.1) is 0 Å². The van der Waals surface area contributed by atoms with Crippen LogP contribution in [0.1, 0.15) is 24.0 Å². The van der Waals surface area contributed by atoms with Gasteiger partial charge in [-0.05, 0) is 48.2 Å². The predicted octanol–water partition coefficient (Wildman–Crippen LogP) is 0.358. The molecule has 2 rings (SSSR count). The zero-order valence-corrected chi connectivity index (χ0v) is 17.0. The van der Waals surface area contributed by atoms with E-state index in [0.717, 1.165) is 11.1 Å². The Balaban J connectivity index is 1.48. The van der Waals surface area contributed by atoms with E-state index in [1.807, 2.05) is 0 Å². The fourth-order valence-electron chi connectivity index (χ4n) is 2.68. The second-order valence-electron chi connectivity index (χ2n) is 6.88. The maximum absolute atomic E-state index is 11.8. The van der Waals surface area contributed by atoms with Crippen LogP contribution in [-0.4, -0.2) is 52.2 Å². The lowest BCUT2D eigenvalue weighted by molar-refractivity contribution is -0.121. The smallest absolute Gasteiger partial charge is 0.221 e. The largest absolute Gasteiger partial charge is 0.504 e. The molecular formula is C21H28N4O6. The summed E-state index contributed by atoms with van der Waals surface area (Å²) in [5.41, 5.74) is 1.50. The number of rotatable bonds is 12. The van der Waals surface area contributed by atoms with Crippen molar-refractivity contribution in [3.63, 3.8) is 0 Å². The summed E-state index contributed by atoms with van der Waals surface area (Å²) in [7, 11) is 0. The molecular weight excluding hydrogens is 404 g/mol. The highest BCUT2D eigenvalue weighted by Gasteiger charge is 2.06. The third-order valence-electron chi connectivity index (χ3n) is 4.43. The van der Waals surface area contributed by atoms with Crippen molar-refractivity contribution < 1.29 is 30.0 Å². The molecule has 2 aromatic carbocycles. The molecule has 2 aromatic rings. The van der Waals surface area contributed by atoms with Crippen LogP contribution in [0.5, 0.6) is 23.0 Å². The molecule has 0 bridgehead atoms. The van der Waals surface area contributed by atoms with E-state index in [1.165, 1.54) is 24.3 Å². The van der Waals surface area contributed by atoms with Crippen molar-refractivity contribution in [1.29, 1.82) is 0 Å². The minimum atomic E-state index is -0.211. The standard InChI is InChI=1S/C21H28N4O6/c26-16-5-1-14(9-18(16)28)3-7-20(30)24-12-22-11-23-13-25-21(31)8-4-15-2-6-17(27)19(29)10-15/h1-2,5-6,9-10,22-23,26-29H,3-4,7-8,11-13H2,(H,24,30)(H,25,31). The minimum absolute atomic E-state index is 0.159. The molecule has 0 saturated heterocycles. The minimum Gasteiger partial charge on any atom is -0.504 e. The van der Waals surface area contributed by atoms with Gasteiger partial charge in [0.15, 0.2) is 23.0 Å². The van der Waals surface area contributed by atoms with Crippen molar-refractivity contribution in [1.82, 2.24) is 21.3 Å². The Kier molecular flexibility index (Phi) is 9.40. The number of phenolic OH excluding ortho intramolecular Hbond substituents is 4. The van der Waals surface area contributed by atoms with Gasteiger partial charge in [-0.25, -0.2) is 0 Å². The molecule has 8 N–H and O–H groups in total. The van der Waals surface area contributed by atoms with Gasteiger partial charge in [0.2, 0.25) is 11.8 Å². The maximum Gasteiger partial charge on any atom is 0.221 e. The average Bonchev–Trinajstić information content (AvgIpc) is 2.74. The zero-order chi connectivity index (χ0) is 22.6. The van der Waals surface area contributed by atoms with Crippen LogP contribution in [0.25, 0.3) is 0 Å². The third kappa shape index (κ3) is 8.81. The Bertz CT molecular complexity index is 819. The number of amides is 2. The first-order chi connectivity index (χ1) is 14.8. The van der Waals surface area contributed by atoms with Gasteiger partial charge in [-0.1, -0.05) is 12.1 Å². The highest BCUT2D eigenvalue weighted by atomic mass is 16.3. The number of carbonyl (C=O) groups is 2. The van der Waals surface area contributed by atoms with E-state index < -0.39 is 0 Å². The molecule has 0 aliphatic rings. The lowest BCUT2D eigenvalue weighted by Crippen LogP contribution is -2.42. The molecule has 0 heterocycles. The summed E-state index contributed by atoms with van der Waals surface area (Å²) in [4.78, 5) is 23.6. The van der Waals surface area contributed by atoms with Crippen molar-refractivity contribution in [2.24, 2.45) is 0 Å². The van der Waals surface area contributed by atoms with Crippen molar-refractivity contribution in [2.45, 2.75) is 25.7 Å². The molecule has 31 heavy (non-hydrogen) atoms. The molecule has 0 aromatic heterocycles. The first-order valence-corrected chi connectivity index (χ1v) is 9.81. The first-order valence-electron chi connectivity index (χ1n) is 9.81. The highest BCUT2D eigenvalue weighted by molar-refractivity contribution is 5.76. The Morgan fingerprint density at radius 1 is 0.613 bits per heavy atom. The van der Waals surface area contributed by atoms with Gasteiger partial charge in [-0.3, -0.25) is 20.2 Å². The van der Waals surface area contributed by atoms with E-state index >= 15 is 0 Å².